The lowest BCUT2D eigenvalue weighted by atomic mass is 9.65. The Labute approximate surface area is 48.5 Å². The van der Waals surface area contributed by atoms with Gasteiger partial charge in [0.2, 0.25) is 0 Å². The molecule has 1 aliphatic carbocycles. The number of hydrogen-bond acceptors (Lipinski definition) is 2. The largest absolute Gasteiger partial charge is 0.393 e. The van der Waals surface area contributed by atoms with E-state index >= 15 is 0 Å². The summed E-state index contributed by atoms with van der Waals surface area (Å²) < 4.78 is 5.02. The second-order valence-electron chi connectivity index (χ2n) is 3.05. The topological polar surface area (TPSA) is 29.5 Å². The lowest BCUT2D eigenvalue weighted by Gasteiger charge is -2.51. The van der Waals surface area contributed by atoms with Crippen LogP contribution in [0.15, 0.2) is 0 Å². The van der Waals surface area contributed by atoms with Crippen molar-refractivity contribution in [1.82, 2.24) is 0 Å². The van der Waals surface area contributed by atoms with E-state index in [2.05, 4.69) is 0 Å². The van der Waals surface area contributed by atoms with Crippen molar-refractivity contribution < 1.29 is 9.84 Å². The van der Waals surface area contributed by atoms with Crippen LogP contribution in [-0.2, 0) is 4.74 Å². The second kappa shape index (κ2) is 1.25. The molecule has 0 atom stereocenters. The summed E-state index contributed by atoms with van der Waals surface area (Å²) in [6.07, 6.45) is 1.94. The Morgan fingerprint density at radius 1 is 1.38 bits per heavy atom. The van der Waals surface area contributed by atoms with E-state index in [4.69, 9.17) is 9.84 Å². The SMILES string of the molecule is OC1CC2(COC2)C1. The van der Waals surface area contributed by atoms with E-state index in [0.29, 0.717) is 5.41 Å². The summed E-state index contributed by atoms with van der Waals surface area (Å²) in [6, 6.07) is 0. The standard InChI is InChI=1S/C6H10O2/c7-5-1-6(2-5)3-8-4-6/h5,7H,1-4H2. The first-order chi connectivity index (χ1) is 3.81. The zero-order valence-corrected chi connectivity index (χ0v) is 4.76. The molecular weight excluding hydrogens is 104 g/mol. The molecule has 2 rings (SSSR count). The van der Waals surface area contributed by atoms with E-state index in [0.717, 1.165) is 26.1 Å². The maximum atomic E-state index is 8.89. The first-order valence-corrected chi connectivity index (χ1v) is 3.07. The zero-order valence-electron chi connectivity index (χ0n) is 4.76. The van der Waals surface area contributed by atoms with E-state index in [1.807, 2.05) is 0 Å². The van der Waals surface area contributed by atoms with Crippen molar-refractivity contribution in [3.8, 4) is 0 Å². The first kappa shape index (κ1) is 4.77. The molecule has 2 nitrogen and oxygen atoms in total. The minimum absolute atomic E-state index is 0.0149. The van der Waals surface area contributed by atoms with Gasteiger partial charge in [-0.15, -0.1) is 0 Å². The number of aliphatic hydroxyl groups excluding tert-OH is 1. The van der Waals surface area contributed by atoms with E-state index < -0.39 is 0 Å². The van der Waals surface area contributed by atoms with Gasteiger partial charge in [0.05, 0.1) is 19.3 Å². The number of ether oxygens (including phenoxy) is 1. The van der Waals surface area contributed by atoms with Crippen LogP contribution in [0.4, 0.5) is 0 Å². The van der Waals surface area contributed by atoms with Crippen LogP contribution in [0.25, 0.3) is 0 Å². The average Bonchev–Trinajstić information content (AvgIpc) is 1.51. The van der Waals surface area contributed by atoms with E-state index in [9.17, 15) is 0 Å². The predicted molar refractivity (Wildman–Crippen MR) is 28.5 cm³/mol. The third kappa shape index (κ3) is 0.446. The molecule has 0 radical (unpaired) electrons. The molecule has 0 unspecified atom stereocenters. The Morgan fingerprint density at radius 2 is 2.00 bits per heavy atom. The highest BCUT2D eigenvalue weighted by molar-refractivity contribution is 4.97. The summed E-state index contributed by atoms with van der Waals surface area (Å²) in [6.45, 7) is 1.79. The van der Waals surface area contributed by atoms with Crippen molar-refractivity contribution in [1.29, 1.82) is 0 Å². The molecule has 0 aromatic rings. The summed E-state index contributed by atoms with van der Waals surface area (Å²) in [7, 11) is 0. The fourth-order valence-electron chi connectivity index (χ4n) is 1.57. The van der Waals surface area contributed by atoms with Crippen molar-refractivity contribution in [2.24, 2.45) is 5.41 Å². The quantitative estimate of drug-likeness (QED) is 0.486. The van der Waals surface area contributed by atoms with Gasteiger partial charge in [0, 0.05) is 5.41 Å². The number of hydrogen-bond donors (Lipinski definition) is 1. The number of rotatable bonds is 0. The van der Waals surface area contributed by atoms with Gasteiger partial charge in [0.1, 0.15) is 0 Å². The van der Waals surface area contributed by atoms with Gasteiger partial charge in [-0.2, -0.15) is 0 Å². The van der Waals surface area contributed by atoms with Gasteiger partial charge in [-0.05, 0) is 12.8 Å². The third-order valence-electron chi connectivity index (χ3n) is 2.15. The van der Waals surface area contributed by atoms with Crippen LogP contribution in [0.2, 0.25) is 0 Å². The zero-order chi connectivity index (χ0) is 5.61. The molecule has 8 heavy (non-hydrogen) atoms. The van der Waals surface area contributed by atoms with Gasteiger partial charge in [-0.3, -0.25) is 0 Å². The molecule has 46 valence electrons. The highest BCUT2D eigenvalue weighted by atomic mass is 16.5. The smallest absolute Gasteiger partial charge is 0.0554 e. The van der Waals surface area contributed by atoms with Gasteiger partial charge in [0.25, 0.3) is 0 Å². The molecule has 1 heterocycles. The van der Waals surface area contributed by atoms with Crippen molar-refractivity contribution in [2.45, 2.75) is 18.9 Å². The summed E-state index contributed by atoms with van der Waals surface area (Å²) >= 11 is 0. The Bertz CT molecular complexity index is 99.1. The average molecular weight is 114 g/mol. The van der Waals surface area contributed by atoms with Gasteiger partial charge in [-0.25, -0.2) is 0 Å². The lowest BCUT2D eigenvalue weighted by Crippen LogP contribution is -2.54. The van der Waals surface area contributed by atoms with Crippen LogP contribution in [0, 0.1) is 5.41 Å². The molecule has 1 N–H and O–H groups in total. The van der Waals surface area contributed by atoms with E-state index in [-0.39, 0.29) is 6.10 Å². The Kier molecular flexibility index (Phi) is 0.746. The van der Waals surface area contributed by atoms with Crippen molar-refractivity contribution in [3.05, 3.63) is 0 Å². The molecule has 2 heteroatoms. The monoisotopic (exact) mass is 114 g/mol. The Balaban J connectivity index is 1.92. The maximum Gasteiger partial charge on any atom is 0.0554 e. The van der Waals surface area contributed by atoms with Gasteiger partial charge in [-0.1, -0.05) is 0 Å². The minimum atomic E-state index is -0.0149. The molecular formula is C6H10O2. The molecule has 0 aromatic heterocycles. The Morgan fingerprint density at radius 3 is 2.12 bits per heavy atom. The molecule has 1 saturated heterocycles. The fourth-order valence-corrected chi connectivity index (χ4v) is 1.57. The van der Waals surface area contributed by atoms with Crippen LogP contribution in [0.3, 0.4) is 0 Å². The van der Waals surface area contributed by atoms with Crippen molar-refractivity contribution in [2.75, 3.05) is 13.2 Å². The van der Waals surface area contributed by atoms with Crippen LogP contribution in [-0.4, -0.2) is 24.4 Å². The summed E-state index contributed by atoms with van der Waals surface area (Å²) in [5.41, 5.74) is 0.444. The van der Waals surface area contributed by atoms with Crippen LogP contribution in [0.5, 0.6) is 0 Å². The molecule has 0 amide bonds. The summed E-state index contributed by atoms with van der Waals surface area (Å²) in [5.74, 6) is 0. The summed E-state index contributed by atoms with van der Waals surface area (Å²) in [4.78, 5) is 0. The molecule has 1 saturated carbocycles. The van der Waals surface area contributed by atoms with Crippen molar-refractivity contribution >= 4 is 0 Å². The highest BCUT2D eigenvalue weighted by Crippen LogP contribution is 2.46. The predicted octanol–water partition coefficient (Wildman–Crippen LogP) is 0.158. The minimum Gasteiger partial charge on any atom is -0.393 e. The van der Waals surface area contributed by atoms with Crippen LogP contribution >= 0.6 is 0 Å². The molecule has 2 aliphatic rings. The molecule has 1 spiro atoms. The maximum absolute atomic E-state index is 8.89. The fraction of sp³-hybridized carbons (Fsp3) is 1.00. The van der Waals surface area contributed by atoms with Gasteiger partial charge < -0.3 is 9.84 Å². The highest BCUT2D eigenvalue weighted by Gasteiger charge is 2.49. The normalized spacial score (nSPS) is 34.1. The lowest BCUT2D eigenvalue weighted by molar-refractivity contribution is -0.197. The third-order valence-corrected chi connectivity index (χ3v) is 2.15. The summed E-state index contributed by atoms with van der Waals surface area (Å²) in [5, 5.41) is 8.89. The number of aliphatic hydroxyl groups is 1. The van der Waals surface area contributed by atoms with Gasteiger partial charge in [0.15, 0.2) is 0 Å². The van der Waals surface area contributed by atoms with E-state index in [1.165, 1.54) is 0 Å². The first-order valence-electron chi connectivity index (χ1n) is 3.07. The Hall–Kier alpha value is -0.0800. The second-order valence-corrected chi connectivity index (χ2v) is 3.05. The molecule has 0 bridgehead atoms. The van der Waals surface area contributed by atoms with Gasteiger partial charge >= 0.3 is 0 Å². The molecule has 1 aliphatic heterocycles. The van der Waals surface area contributed by atoms with E-state index in [1.54, 1.807) is 0 Å². The van der Waals surface area contributed by atoms with Crippen molar-refractivity contribution in [3.63, 3.8) is 0 Å². The molecule has 0 aromatic carbocycles. The molecule has 2 fully saturated rings. The van der Waals surface area contributed by atoms with Crippen LogP contribution < -0.4 is 0 Å². The van der Waals surface area contributed by atoms with Crippen LogP contribution in [0.1, 0.15) is 12.8 Å².